The minimum absolute atomic E-state index is 0.0163. The van der Waals surface area contributed by atoms with Gasteiger partial charge in [0.25, 0.3) is 5.69 Å². The van der Waals surface area contributed by atoms with E-state index in [1.165, 1.54) is 16.4 Å². The number of halogens is 1. The summed E-state index contributed by atoms with van der Waals surface area (Å²) in [6.45, 7) is 5.69. The van der Waals surface area contributed by atoms with Crippen LogP contribution in [0.2, 0.25) is 5.02 Å². The molecular weight excluding hydrogens is 304 g/mol. The maximum Gasteiger partial charge on any atom is 0.270 e. The molecule has 0 N–H and O–H groups in total. The Labute approximate surface area is 123 Å². The predicted molar refractivity (Wildman–Crippen MR) is 77.4 cm³/mol. The van der Waals surface area contributed by atoms with Crippen molar-refractivity contribution >= 4 is 27.3 Å². The standard InChI is InChI=1S/C12H17ClN2O4S/c1-4-7-14(9(2)3)20(18,19)12-8-10(15(16)17)5-6-11(12)13/h5-6,8-9H,4,7H2,1-3H3. The molecule has 1 aromatic rings. The van der Waals surface area contributed by atoms with E-state index in [9.17, 15) is 18.5 Å². The molecule has 0 saturated heterocycles. The van der Waals surface area contributed by atoms with Crippen LogP contribution in [-0.4, -0.2) is 30.2 Å². The van der Waals surface area contributed by atoms with Crippen LogP contribution in [-0.2, 0) is 10.0 Å². The molecule has 1 aromatic carbocycles. The predicted octanol–water partition coefficient (Wildman–Crippen LogP) is 3.06. The van der Waals surface area contributed by atoms with E-state index in [0.717, 1.165) is 6.07 Å². The third-order valence-electron chi connectivity index (χ3n) is 2.73. The average Bonchev–Trinajstić information content (AvgIpc) is 2.35. The van der Waals surface area contributed by atoms with Crippen molar-refractivity contribution in [3.8, 4) is 0 Å². The first-order valence-corrected chi connectivity index (χ1v) is 7.99. The maximum atomic E-state index is 12.6. The molecule has 0 aromatic heterocycles. The highest BCUT2D eigenvalue weighted by Crippen LogP contribution is 2.29. The van der Waals surface area contributed by atoms with Crippen LogP contribution in [0.1, 0.15) is 27.2 Å². The fourth-order valence-electron chi connectivity index (χ4n) is 1.81. The molecular formula is C12H17ClN2O4S. The molecule has 112 valence electrons. The monoisotopic (exact) mass is 320 g/mol. The molecule has 0 aliphatic heterocycles. The lowest BCUT2D eigenvalue weighted by molar-refractivity contribution is -0.385. The first kappa shape index (κ1) is 16.9. The SMILES string of the molecule is CCCN(C(C)C)S(=O)(=O)c1cc([N+](=O)[O-])ccc1Cl. The summed E-state index contributed by atoms with van der Waals surface area (Å²) in [5, 5.41) is 10.8. The van der Waals surface area contributed by atoms with Gasteiger partial charge in [-0.1, -0.05) is 18.5 Å². The summed E-state index contributed by atoms with van der Waals surface area (Å²) in [4.78, 5) is 9.90. The summed E-state index contributed by atoms with van der Waals surface area (Å²) < 4.78 is 26.4. The molecule has 0 radical (unpaired) electrons. The van der Waals surface area contributed by atoms with Crippen molar-refractivity contribution < 1.29 is 13.3 Å². The number of non-ortho nitro benzene ring substituents is 1. The lowest BCUT2D eigenvalue weighted by atomic mass is 10.3. The van der Waals surface area contributed by atoms with Gasteiger partial charge in [-0.05, 0) is 26.3 Å². The molecule has 0 heterocycles. The van der Waals surface area contributed by atoms with Crippen molar-refractivity contribution in [2.45, 2.75) is 38.1 Å². The Morgan fingerprint density at radius 3 is 2.45 bits per heavy atom. The van der Waals surface area contributed by atoms with E-state index < -0.39 is 14.9 Å². The van der Waals surface area contributed by atoms with Gasteiger partial charge in [0, 0.05) is 24.7 Å². The van der Waals surface area contributed by atoms with Gasteiger partial charge < -0.3 is 0 Å². The largest absolute Gasteiger partial charge is 0.270 e. The lowest BCUT2D eigenvalue weighted by Gasteiger charge is -2.25. The molecule has 20 heavy (non-hydrogen) atoms. The molecule has 0 atom stereocenters. The minimum Gasteiger partial charge on any atom is -0.258 e. The van der Waals surface area contributed by atoms with Crippen molar-refractivity contribution in [1.82, 2.24) is 4.31 Å². The van der Waals surface area contributed by atoms with Crippen LogP contribution in [0.5, 0.6) is 0 Å². The molecule has 0 bridgehead atoms. The molecule has 0 amide bonds. The van der Waals surface area contributed by atoms with Crippen LogP contribution < -0.4 is 0 Å². The summed E-state index contributed by atoms with van der Waals surface area (Å²) in [5.74, 6) is 0. The molecule has 0 saturated carbocycles. The molecule has 0 fully saturated rings. The van der Waals surface area contributed by atoms with Crippen LogP contribution in [0.4, 0.5) is 5.69 Å². The second kappa shape index (κ2) is 6.51. The first-order valence-electron chi connectivity index (χ1n) is 6.17. The Morgan fingerprint density at radius 1 is 1.40 bits per heavy atom. The summed E-state index contributed by atoms with van der Waals surface area (Å²) in [7, 11) is -3.85. The van der Waals surface area contributed by atoms with Gasteiger partial charge in [0.05, 0.1) is 9.95 Å². The highest BCUT2D eigenvalue weighted by molar-refractivity contribution is 7.89. The Bertz CT molecular complexity index is 601. The van der Waals surface area contributed by atoms with Crippen LogP contribution in [0.15, 0.2) is 23.1 Å². The summed E-state index contributed by atoms with van der Waals surface area (Å²) in [6, 6.07) is 3.16. The Morgan fingerprint density at radius 2 is 2.00 bits per heavy atom. The fraction of sp³-hybridized carbons (Fsp3) is 0.500. The molecule has 0 aliphatic carbocycles. The van der Waals surface area contributed by atoms with E-state index >= 15 is 0 Å². The Hall–Kier alpha value is -1.18. The van der Waals surface area contributed by atoms with Gasteiger partial charge in [0.2, 0.25) is 10.0 Å². The van der Waals surface area contributed by atoms with E-state index in [-0.39, 0.29) is 21.6 Å². The summed E-state index contributed by atoms with van der Waals surface area (Å²) in [5.41, 5.74) is -0.298. The third kappa shape index (κ3) is 3.47. The minimum atomic E-state index is -3.85. The van der Waals surface area contributed by atoms with Crippen LogP contribution in [0, 0.1) is 10.1 Å². The number of benzene rings is 1. The van der Waals surface area contributed by atoms with Crippen LogP contribution in [0.25, 0.3) is 0 Å². The number of hydrogen-bond donors (Lipinski definition) is 0. The van der Waals surface area contributed by atoms with Crippen molar-refractivity contribution in [2.24, 2.45) is 0 Å². The van der Waals surface area contributed by atoms with Crippen molar-refractivity contribution in [1.29, 1.82) is 0 Å². The molecule has 0 spiro atoms. The van der Waals surface area contributed by atoms with E-state index in [1.54, 1.807) is 13.8 Å². The zero-order chi connectivity index (χ0) is 15.5. The van der Waals surface area contributed by atoms with E-state index in [1.807, 2.05) is 6.92 Å². The molecule has 6 nitrogen and oxygen atoms in total. The fourth-order valence-corrected chi connectivity index (χ4v) is 4.03. The number of nitro groups is 1. The molecule has 0 aliphatic rings. The first-order chi connectivity index (χ1) is 9.21. The Balaban J connectivity index is 3.40. The summed E-state index contributed by atoms with van der Waals surface area (Å²) >= 11 is 5.91. The highest BCUT2D eigenvalue weighted by atomic mass is 35.5. The zero-order valence-corrected chi connectivity index (χ0v) is 13.1. The van der Waals surface area contributed by atoms with Gasteiger partial charge in [0.1, 0.15) is 4.90 Å². The molecule has 8 heteroatoms. The second-order valence-corrected chi connectivity index (χ2v) is 6.85. The average molecular weight is 321 g/mol. The highest BCUT2D eigenvalue weighted by Gasteiger charge is 2.29. The van der Waals surface area contributed by atoms with Gasteiger partial charge in [-0.3, -0.25) is 10.1 Å². The molecule has 0 unspecified atom stereocenters. The number of rotatable bonds is 6. The van der Waals surface area contributed by atoms with E-state index in [4.69, 9.17) is 11.6 Å². The quantitative estimate of drug-likeness (QED) is 0.596. The van der Waals surface area contributed by atoms with Gasteiger partial charge in [-0.25, -0.2) is 8.42 Å². The number of sulfonamides is 1. The molecule has 1 rings (SSSR count). The number of nitrogens with zero attached hydrogens (tertiary/aromatic N) is 2. The van der Waals surface area contributed by atoms with Crippen molar-refractivity contribution in [3.63, 3.8) is 0 Å². The normalized spacial score (nSPS) is 12.1. The van der Waals surface area contributed by atoms with E-state index in [0.29, 0.717) is 13.0 Å². The number of hydrogen-bond acceptors (Lipinski definition) is 4. The van der Waals surface area contributed by atoms with Crippen LogP contribution >= 0.6 is 11.6 Å². The van der Waals surface area contributed by atoms with Crippen LogP contribution in [0.3, 0.4) is 0 Å². The Kier molecular flexibility index (Phi) is 5.50. The van der Waals surface area contributed by atoms with E-state index in [2.05, 4.69) is 0 Å². The maximum absolute atomic E-state index is 12.6. The van der Waals surface area contributed by atoms with Gasteiger partial charge in [0.15, 0.2) is 0 Å². The lowest BCUT2D eigenvalue weighted by Crippen LogP contribution is -2.37. The van der Waals surface area contributed by atoms with Gasteiger partial charge in [-0.15, -0.1) is 0 Å². The smallest absolute Gasteiger partial charge is 0.258 e. The number of nitro benzene ring substituents is 1. The second-order valence-electron chi connectivity index (χ2n) is 4.58. The van der Waals surface area contributed by atoms with Crippen molar-refractivity contribution in [2.75, 3.05) is 6.54 Å². The van der Waals surface area contributed by atoms with Gasteiger partial charge >= 0.3 is 0 Å². The zero-order valence-electron chi connectivity index (χ0n) is 11.5. The third-order valence-corrected chi connectivity index (χ3v) is 5.29. The summed E-state index contributed by atoms with van der Waals surface area (Å²) in [6.07, 6.45) is 0.643. The van der Waals surface area contributed by atoms with Crippen molar-refractivity contribution in [3.05, 3.63) is 33.3 Å². The van der Waals surface area contributed by atoms with Gasteiger partial charge in [-0.2, -0.15) is 4.31 Å². The topological polar surface area (TPSA) is 80.5 Å².